The number of aromatic nitrogens is 3. The third kappa shape index (κ3) is 6.40. The van der Waals surface area contributed by atoms with E-state index in [-0.39, 0.29) is 24.2 Å². The molecule has 4 rings (SSSR count). The maximum Gasteiger partial charge on any atom is 0.269 e. The van der Waals surface area contributed by atoms with E-state index in [2.05, 4.69) is 15.3 Å². The number of para-hydroxylation sites is 1. The van der Waals surface area contributed by atoms with E-state index in [1.165, 1.54) is 21.3 Å². The van der Waals surface area contributed by atoms with Crippen LogP contribution >= 0.6 is 0 Å². The Balaban J connectivity index is 1.75. The van der Waals surface area contributed by atoms with E-state index in [4.69, 9.17) is 4.43 Å². The van der Waals surface area contributed by atoms with Crippen LogP contribution in [0.5, 0.6) is 0 Å². The van der Waals surface area contributed by atoms with Crippen LogP contribution in [0.25, 0.3) is 16.7 Å². The number of fused-ring (bicyclic) bond motifs is 1. The molecular weight excluding hydrogens is 520 g/mol. The number of alkyl halides is 2. The van der Waals surface area contributed by atoms with Gasteiger partial charge >= 0.3 is 0 Å². The summed E-state index contributed by atoms with van der Waals surface area (Å²) in [6.45, 7) is 7.10. The molecule has 0 spiro atoms. The van der Waals surface area contributed by atoms with Gasteiger partial charge in [0, 0.05) is 36.3 Å². The molecule has 0 atom stereocenters. The first-order valence-corrected chi connectivity index (χ1v) is 17.2. The van der Waals surface area contributed by atoms with Gasteiger partial charge in [0.1, 0.15) is 0 Å². The fourth-order valence-corrected chi connectivity index (χ4v) is 5.69. The van der Waals surface area contributed by atoms with Gasteiger partial charge in [-0.2, -0.15) is 4.98 Å². The van der Waals surface area contributed by atoms with Gasteiger partial charge in [0.25, 0.3) is 12.0 Å². The van der Waals surface area contributed by atoms with E-state index in [1.807, 2.05) is 19.6 Å². The Kier molecular flexibility index (Phi) is 7.79. The summed E-state index contributed by atoms with van der Waals surface area (Å²) >= 11 is 0. The predicted octanol–water partition coefficient (Wildman–Crippen LogP) is 3.91. The van der Waals surface area contributed by atoms with Crippen LogP contribution in [0.15, 0.2) is 41.3 Å². The van der Waals surface area contributed by atoms with E-state index < -0.39 is 35.9 Å². The van der Waals surface area contributed by atoms with Crippen molar-refractivity contribution in [3.63, 3.8) is 0 Å². The highest BCUT2D eigenvalue weighted by Crippen LogP contribution is 2.25. The lowest BCUT2D eigenvalue weighted by molar-refractivity contribution is 0.149. The van der Waals surface area contributed by atoms with E-state index >= 15 is 0 Å². The summed E-state index contributed by atoms with van der Waals surface area (Å²) in [7, 11) is -5.15. The summed E-state index contributed by atoms with van der Waals surface area (Å²) in [5.41, 5.74) is -0.189. The number of benzene rings is 1. The molecule has 0 saturated carbocycles. The first-order chi connectivity index (χ1) is 17.3. The van der Waals surface area contributed by atoms with Crippen molar-refractivity contribution in [2.24, 2.45) is 0 Å². The van der Waals surface area contributed by atoms with Crippen molar-refractivity contribution >= 4 is 35.3 Å². The van der Waals surface area contributed by atoms with Crippen LogP contribution in [0.2, 0.25) is 19.6 Å². The van der Waals surface area contributed by atoms with E-state index in [0.717, 1.165) is 6.07 Å². The van der Waals surface area contributed by atoms with Crippen LogP contribution in [0.4, 0.5) is 14.7 Å². The third-order valence-corrected chi connectivity index (χ3v) is 8.47. The molecule has 9 nitrogen and oxygen atoms in total. The number of anilines is 1. The second-order valence-corrected chi connectivity index (χ2v) is 16.6. The largest absolute Gasteiger partial charge is 0.413 e. The van der Waals surface area contributed by atoms with Gasteiger partial charge in [-0.25, -0.2) is 26.5 Å². The highest BCUT2D eigenvalue weighted by Gasteiger charge is 2.26. The maximum atomic E-state index is 13.8. The number of pyridine rings is 1. The van der Waals surface area contributed by atoms with Crippen molar-refractivity contribution in [3.05, 3.63) is 58.0 Å². The van der Waals surface area contributed by atoms with Crippen LogP contribution in [-0.4, -0.2) is 61.0 Å². The molecule has 1 N–H and O–H groups in total. The number of hydrogen-bond donors (Lipinski definition) is 1. The minimum absolute atomic E-state index is 0.0756. The molecule has 0 bridgehead atoms. The summed E-state index contributed by atoms with van der Waals surface area (Å²) in [4.78, 5) is 22.2. The summed E-state index contributed by atoms with van der Waals surface area (Å²) < 4.78 is 59.9. The average molecular weight is 552 g/mol. The van der Waals surface area contributed by atoms with E-state index in [9.17, 15) is 22.0 Å². The van der Waals surface area contributed by atoms with Crippen LogP contribution in [0.3, 0.4) is 0 Å². The van der Waals surface area contributed by atoms with Crippen molar-refractivity contribution in [1.29, 1.82) is 0 Å². The van der Waals surface area contributed by atoms with Gasteiger partial charge in [0.2, 0.25) is 16.0 Å². The van der Waals surface area contributed by atoms with Crippen molar-refractivity contribution in [2.75, 3.05) is 24.7 Å². The van der Waals surface area contributed by atoms with Gasteiger partial charge < -0.3 is 9.74 Å². The number of halogens is 2. The summed E-state index contributed by atoms with van der Waals surface area (Å²) in [6.07, 6.45) is 0.753. The molecular formula is C24H31F2N5O4SSi. The Bertz CT molecular complexity index is 1450. The monoisotopic (exact) mass is 551 g/mol. The van der Waals surface area contributed by atoms with E-state index in [0.29, 0.717) is 42.6 Å². The second-order valence-electron chi connectivity index (χ2n) is 10.1. The first kappa shape index (κ1) is 27.3. The minimum atomic E-state index is -3.25. The van der Waals surface area contributed by atoms with Gasteiger partial charge in [0.05, 0.1) is 24.1 Å². The average Bonchev–Trinajstić information content (AvgIpc) is 2.82. The van der Waals surface area contributed by atoms with Crippen LogP contribution in [-0.2, 0) is 21.1 Å². The topological polar surface area (TPSA) is 106 Å². The lowest BCUT2D eigenvalue weighted by Crippen LogP contribution is -2.42. The van der Waals surface area contributed by atoms with Crippen molar-refractivity contribution in [2.45, 2.75) is 51.6 Å². The fraction of sp³-hybridized carbons (Fsp3) is 0.458. The van der Waals surface area contributed by atoms with Crippen molar-refractivity contribution in [3.8, 4) is 5.69 Å². The molecule has 0 radical (unpaired) electrons. The summed E-state index contributed by atoms with van der Waals surface area (Å²) in [5, 5.41) is 3.51. The summed E-state index contributed by atoms with van der Waals surface area (Å²) in [5.74, 6) is 0.235. The zero-order chi connectivity index (χ0) is 27.0. The Morgan fingerprint density at radius 3 is 2.49 bits per heavy atom. The van der Waals surface area contributed by atoms with Crippen LogP contribution in [0, 0.1) is 0 Å². The predicted molar refractivity (Wildman–Crippen MR) is 141 cm³/mol. The molecule has 3 aromatic rings. The fourth-order valence-electron chi connectivity index (χ4n) is 4.23. The SMILES string of the molecule is C[Si](C)(C)OCc1ccccc1-n1c(=O)c(C(F)F)cc2cnc(NC3CCN(S(C)(=O)=O)CC3)nc21. The molecule has 1 aromatic carbocycles. The molecule has 1 aliphatic rings. The van der Waals surface area contributed by atoms with Crippen molar-refractivity contribution in [1.82, 2.24) is 18.8 Å². The zero-order valence-corrected chi connectivity index (χ0v) is 23.1. The molecule has 13 heteroatoms. The molecule has 37 heavy (non-hydrogen) atoms. The molecule has 0 amide bonds. The van der Waals surface area contributed by atoms with Gasteiger partial charge in [-0.15, -0.1) is 0 Å². The van der Waals surface area contributed by atoms with Crippen LogP contribution in [0.1, 0.15) is 30.4 Å². The normalized spacial score (nSPS) is 16.0. The molecule has 200 valence electrons. The second kappa shape index (κ2) is 10.6. The number of hydrogen-bond acceptors (Lipinski definition) is 7. The molecule has 1 saturated heterocycles. The van der Waals surface area contributed by atoms with E-state index in [1.54, 1.807) is 24.3 Å². The standard InChI is InChI=1S/C24H31F2N5O4SSi/c1-36(33,34)30-11-9-18(10-12-30)28-24-27-14-17-13-19(21(25)26)23(32)31(22(17)29-24)20-8-6-5-7-16(20)15-35-37(2,3)4/h5-8,13-14,18,21H,9-12,15H2,1-4H3,(H,27,28,29). The molecule has 3 heterocycles. The minimum Gasteiger partial charge on any atom is -0.413 e. The Morgan fingerprint density at radius 1 is 1.19 bits per heavy atom. The maximum absolute atomic E-state index is 13.8. The number of nitrogens with zero attached hydrogens (tertiary/aromatic N) is 4. The number of rotatable bonds is 8. The molecule has 2 aromatic heterocycles. The smallest absolute Gasteiger partial charge is 0.269 e. The Labute approximate surface area is 215 Å². The molecule has 0 unspecified atom stereocenters. The van der Waals surface area contributed by atoms with Gasteiger partial charge in [-0.3, -0.25) is 9.36 Å². The molecule has 1 aliphatic heterocycles. The first-order valence-electron chi connectivity index (χ1n) is 12.0. The quantitative estimate of drug-likeness (QED) is 0.423. The Morgan fingerprint density at radius 2 is 1.86 bits per heavy atom. The third-order valence-electron chi connectivity index (χ3n) is 6.15. The van der Waals surface area contributed by atoms with Gasteiger partial charge in [-0.1, -0.05) is 18.2 Å². The van der Waals surface area contributed by atoms with Gasteiger partial charge in [0.15, 0.2) is 14.0 Å². The zero-order valence-electron chi connectivity index (χ0n) is 21.2. The van der Waals surface area contributed by atoms with Gasteiger partial charge in [-0.05, 0) is 44.6 Å². The van der Waals surface area contributed by atoms with Crippen LogP contribution < -0.4 is 10.9 Å². The highest BCUT2D eigenvalue weighted by atomic mass is 32.2. The summed E-state index contributed by atoms with van der Waals surface area (Å²) in [6, 6.07) is 8.09. The Hall–Kier alpha value is -2.74. The number of sulfonamides is 1. The lowest BCUT2D eigenvalue weighted by Gasteiger charge is -2.30. The lowest BCUT2D eigenvalue weighted by atomic mass is 10.1. The number of piperidine rings is 1. The molecule has 0 aliphatic carbocycles. The van der Waals surface area contributed by atoms with Crippen molar-refractivity contribution < 1.29 is 21.6 Å². The number of nitrogens with one attached hydrogen (secondary N) is 1. The molecule has 1 fully saturated rings. The highest BCUT2D eigenvalue weighted by molar-refractivity contribution is 7.88.